The summed E-state index contributed by atoms with van der Waals surface area (Å²) in [6, 6.07) is 23.1. The van der Waals surface area contributed by atoms with Gasteiger partial charge in [-0.05, 0) is 54.4 Å². The highest BCUT2D eigenvalue weighted by molar-refractivity contribution is 7.22. The van der Waals surface area contributed by atoms with Gasteiger partial charge in [0, 0.05) is 5.56 Å². The van der Waals surface area contributed by atoms with Crippen LogP contribution < -0.4 is 10.1 Å². The van der Waals surface area contributed by atoms with Crippen LogP contribution in [-0.2, 0) is 6.61 Å². The molecule has 27 heavy (non-hydrogen) atoms. The van der Waals surface area contributed by atoms with Gasteiger partial charge >= 0.3 is 0 Å². The maximum Gasteiger partial charge on any atom is 0.257 e. The van der Waals surface area contributed by atoms with E-state index < -0.39 is 0 Å². The van der Waals surface area contributed by atoms with Crippen LogP contribution >= 0.6 is 11.3 Å². The minimum Gasteiger partial charge on any atom is -0.489 e. The number of aromatic nitrogens is 1. The number of ether oxygens (including phenoxy) is 1. The summed E-state index contributed by atoms with van der Waals surface area (Å²) in [4.78, 5) is 16.9. The number of hydrogen-bond donors (Lipinski definition) is 1. The Morgan fingerprint density at radius 3 is 2.59 bits per heavy atom. The number of nitrogens with zero attached hydrogens (tertiary/aromatic N) is 1. The van der Waals surface area contributed by atoms with Crippen LogP contribution in [0, 0.1) is 6.92 Å². The number of nitrogens with one attached hydrogen (secondary N) is 1. The first-order valence-electron chi connectivity index (χ1n) is 8.63. The van der Waals surface area contributed by atoms with E-state index in [2.05, 4.69) is 16.4 Å². The predicted octanol–water partition coefficient (Wildman–Crippen LogP) is 5.44. The van der Waals surface area contributed by atoms with E-state index in [-0.39, 0.29) is 5.91 Å². The first-order chi connectivity index (χ1) is 13.2. The number of carbonyl (C=O) groups excluding carboxylic acids is 1. The van der Waals surface area contributed by atoms with Crippen molar-refractivity contribution in [1.29, 1.82) is 0 Å². The summed E-state index contributed by atoms with van der Waals surface area (Å²) >= 11 is 1.48. The fourth-order valence-electron chi connectivity index (χ4n) is 2.69. The van der Waals surface area contributed by atoms with Gasteiger partial charge in [0.25, 0.3) is 5.91 Å². The van der Waals surface area contributed by atoms with E-state index in [9.17, 15) is 4.79 Å². The number of benzene rings is 3. The fraction of sp³-hybridized carbons (Fsp3) is 0.0909. The molecule has 0 fully saturated rings. The zero-order chi connectivity index (χ0) is 18.6. The van der Waals surface area contributed by atoms with E-state index in [4.69, 9.17) is 4.74 Å². The van der Waals surface area contributed by atoms with Crippen molar-refractivity contribution in [2.24, 2.45) is 0 Å². The average Bonchev–Trinajstić information content (AvgIpc) is 3.09. The van der Waals surface area contributed by atoms with Crippen molar-refractivity contribution in [2.45, 2.75) is 13.5 Å². The molecule has 0 aliphatic rings. The normalized spacial score (nSPS) is 10.7. The van der Waals surface area contributed by atoms with Crippen LogP contribution in [-0.4, -0.2) is 10.9 Å². The lowest BCUT2D eigenvalue weighted by atomic mass is 10.1. The van der Waals surface area contributed by atoms with E-state index in [0.29, 0.717) is 17.3 Å². The van der Waals surface area contributed by atoms with Gasteiger partial charge in [0.05, 0.1) is 10.2 Å². The zero-order valence-corrected chi connectivity index (χ0v) is 15.6. The second-order valence-electron chi connectivity index (χ2n) is 6.24. The molecular weight excluding hydrogens is 356 g/mol. The molecule has 1 aromatic heterocycles. The summed E-state index contributed by atoms with van der Waals surface area (Å²) in [5.41, 5.74) is 3.67. The summed E-state index contributed by atoms with van der Waals surface area (Å²) in [5, 5.41) is 3.49. The van der Waals surface area contributed by atoms with Crippen molar-refractivity contribution >= 4 is 32.6 Å². The summed E-state index contributed by atoms with van der Waals surface area (Å²) in [6.45, 7) is 2.50. The van der Waals surface area contributed by atoms with Gasteiger partial charge in [-0.25, -0.2) is 4.98 Å². The van der Waals surface area contributed by atoms with Crippen molar-refractivity contribution in [2.75, 3.05) is 5.32 Å². The topological polar surface area (TPSA) is 51.2 Å². The van der Waals surface area contributed by atoms with Crippen LogP contribution in [0.2, 0.25) is 0 Å². The van der Waals surface area contributed by atoms with Gasteiger partial charge in [-0.3, -0.25) is 10.1 Å². The fourth-order valence-corrected chi connectivity index (χ4v) is 3.65. The first kappa shape index (κ1) is 17.2. The molecule has 0 radical (unpaired) electrons. The Balaban J connectivity index is 1.41. The van der Waals surface area contributed by atoms with Crippen molar-refractivity contribution in [3.63, 3.8) is 0 Å². The highest BCUT2D eigenvalue weighted by Crippen LogP contribution is 2.27. The molecule has 4 nitrogen and oxygen atoms in total. The Morgan fingerprint density at radius 2 is 1.81 bits per heavy atom. The number of para-hydroxylation sites is 1. The van der Waals surface area contributed by atoms with Gasteiger partial charge in [-0.15, -0.1) is 0 Å². The molecule has 0 saturated carbocycles. The summed E-state index contributed by atoms with van der Waals surface area (Å²) in [5.74, 6) is 0.659. The van der Waals surface area contributed by atoms with Crippen LogP contribution in [0.3, 0.4) is 0 Å². The third kappa shape index (κ3) is 4.15. The standard InChI is InChI=1S/C22H18N2O2S/c1-15-7-12-19-20(13-15)27-22(23-19)24-21(25)17-10-8-16(9-11-17)14-26-18-5-3-2-4-6-18/h2-13H,14H2,1H3,(H,23,24,25). The molecule has 0 spiro atoms. The molecule has 1 heterocycles. The van der Waals surface area contributed by atoms with E-state index in [1.165, 1.54) is 16.9 Å². The summed E-state index contributed by atoms with van der Waals surface area (Å²) in [7, 11) is 0. The van der Waals surface area contributed by atoms with Gasteiger partial charge < -0.3 is 4.74 Å². The molecule has 4 rings (SSSR count). The highest BCUT2D eigenvalue weighted by atomic mass is 32.1. The van der Waals surface area contributed by atoms with E-state index >= 15 is 0 Å². The molecule has 0 aliphatic heterocycles. The van der Waals surface area contributed by atoms with Crippen molar-refractivity contribution in [3.8, 4) is 5.75 Å². The van der Waals surface area contributed by atoms with Crippen molar-refractivity contribution in [1.82, 2.24) is 4.98 Å². The molecular formula is C22H18N2O2S. The molecule has 1 amide bonds. The summed E-state index contributed by atoms with van der Waals surface area (Å²) < 4.78 is 6.79. The molecule has 1 N–H and O–H groups in total. The third-order valence-electron chi connectivity index (χ3n) is 4.13. The number of anilines is 1. The molecule has 3 aromatic carbocycles. The van der Waals surface area contributed by atoms with Gasteiger partial charge in [0.1, 0.15) is 12.4 Å². The van der Waals surface area contributed by atoms with Crippen LogP contribution in [0.5, 0.6) is 5.75 Å². The second-order valence-corrected chi connectivity index (χ2v) is 7.27. The number of thiazole rings is 1. The van der Waals surface area contributed by atoms with Crippen molar-refractivity contribution in [3.05, 3.63) is 89.5 Å². The number of aryl methyl sites for hydroxylation is 1. The average molecular weight is 374 g/mol. The Hall–Kier alpha value is -3.18. The molecule has 5 heteroatoms. The van der Waals surface area contributed by atoms with Crippen molar-refractivity contribution < 1.29 is 9.53 Å². The predicted molar refractivity (Wildman–Crippen MR) is 110 cm³/mol. The Morgan fingerprint density at radius 1 is 1.04 bits per heavy atom. The van der Waals surface area contributed by atoms with Gasteiger partial charge in [0.15, 0.2) is 5.13 Å². The van der Waals surface area contributed by atoms with Gasteiger partial charge in [-0.1, -0.05) is 47.7 Å². The van der Waals surface area contributed by atoms with E-state index in [0.717, 1.165) is 21.5 Å². The van der Waals surface area contributed by atoms with Crippen LogP contribution in [0.4, 0.5) is 5.13 Å². The number of carbonyl (C=O) groups is 1. The SMILES string of the molecule is Cc1ccc2nc(NC(=O)c3ccc(COc4ccccc4)cc3)sc2c1. The number of amides is 1. The van der Waals surface area contributed by atoms with Gasteiger partial charge in [0.2, 0.25) is 0 Å². The lowest BCUT2D eigenvalue weighted by molar-refractivity contribution is 0.102. The molecule has 0 aliphatic carbocycles. The minimum absolute atomic E-state index is 0.165. The quantitative estimate of drug-likeness (QED) is 0.506. The second kappa shape index (κ2) is 7.60. The maximum absolute atomic E-state index is 12.5. The smallest absolute Gasteiger partial charge is 0.257 e. The number of hydrogen-bond acceptors (Lipinski definition) is 4. The molecule has 0 unspecified atom stereocenters. The zero-order valence-electron chi connectivity index (χ0n) is 14.8. The third-order valence-corrected chi connectivity index (χ3v) is 5.06. The summed E-state index contributed by atoms with van der Waals surface area (Å²) in [6.07, 6.45) is 0. The Kier molecular flexibility index (Phi) is 4.85. The highest BCUT2D eigenvalue weighted by Gasteiger charge is 2.10. The minimum atomic E-state index is -0.165. The monoisotopic (exact) mass is 374 g/mol. The van der Waals surface area contributed by atoms with E-state index in [1.807, 2.05) is 61.5 Å². The van der Waals surface area contributed by atoms with Crippen LogP contribution in [0.25, 0.3) is 10.2 Å². The molecule has 0 saturated heterocycles. The molecule has 134 valence electrons. The molecule has 4 aromatic rings. The molecule has 0 bridgehead atoms. The Bertz CT molecular complexity index is 1070. The lowest BCUT2D eigenvalue weighted by Gasteiger charge is -2.07. The van der Waals surface area contributed by atoms with Crippen LogP contribution in [0.1, 0.15) is 21.5 Å². The number of rotatable bonds is 5. The Labute approximate surface area is 161 Å². The largest absolute Gasteiger partial charge is 0.489 e. The lowest BCUT2D eigenvalue weighted by Crippen LogP contribution is -2.11. The van der Waals surface area contributed by atoms with Crippen LogP contribution in [0.15, 0.2) is 72.8 Å². The van der Waals surface area contributed by atoms with Gasteiger partial charge in [-0.2, -0.15) is 0 Å². The first-order valence-corrected chi connectivity index (χ1v) is 9.44. The molecule has 0 atom stereocenters. The van der Waals surface area contributed by atoms with E-state index in [1.54, 1.807) is 12.1 Å². The number of fused-ring (bicyclic) bond motifs is 1. The maximum atomic E-state index is 12.5.